The molecule has 17 nitrogen and oxygen atoms in total. The summed E-state index contributed by atoms with van der Waals surface area (Å²) in [7, 11) is 0. The molecule has 17 heteroatoms. The lowest BCUT2D eigenvalue weighted by molar-refractivity contribution is 0.0994. The van der Waals surface area contributed by atoms with Crippen molar-refractivity contribution in [3.8, 4) is 0 Å². The van der Waals surface area contributed by atoms with Crippen LogP contribution in [0.4, 0.5) is 11.9 Å². The summed E-state index contributed by atoms with van der Waals surface area (Å²) >= 11 is 0. The minimum absolute atomic E-state index is 0.164. The van der Waals surface area contributed by atoms with E-state index in [4.69, 9.17) is 5.73 Å². The molecule has 0 aromatic carbocycles. The Kier molecular flexibility index (Phi) is 9.04. The van der Waals surface area contributed by atoms with Crippen LogP contribution >= 0.6 is 0 Å². The Morgan fingerprint density at radius 2 is 1.16 bits per heavy atom. The summed E-state index contributed by atoms with van der Waals surface area (Å²) in [6, 6.07) is 6.53. The number of nitrogens with two attached hydrogens (primary N) is 1. The maximum atomic E-state index is 13.4. The highest BCUT2D eigenvalue weighted by molar-refractivity contribution is 6.04. The predicted octanol–water partition coefficient (Wildman–Crippen LogP) is 3.29. The van der Waals surface area contributed by atoms with Gasteiger partial charge in [-0.3, -0.25) is 48.3 Å². The van der Waals surface area contributed by atoms with E-state index >= 15 is 0 Å². The molecule has 0 fully saturated rings. The fraction of sp³-hybridized carbons (Fsp3) is 0.273. The van der Waals surface area contributed by atoms with Gasteiger partial charge in [-0.15, -0.1) is 0 Å². The first-order chi connectivity index (χ1) is 24.0. The molecule has 0 saturated heterocycles. The van der Waals surface area contributed by atoms with Crippen molar-refractivity contribution in [2.24, 2.45) is 5.73 Å². The Morgan fingerprint density at radius 1 is 0.720 bits per heavy atom. The van der Waals surface area contributed by atoms with E-state index in [1.54, 1.807) is 43.6 Å². The van der Waals surface area contributed by atoms with Gasteiger partial charge >= 0.3 is 0 Å². The molecule has 6 aromatic heterocycles. The molecule has 3 amide bonds. The second kappa shape index (κ2) is 13.5. The molecule has 0 radical (unpaired) electrons. The number of nitrogens with one attached hydrogen (secondary N) is 2. The van der Waals surface area contributed by atoms with Crippen molar-refractivity contribution in [1.29, 1.82) is 0 Å². The van der Waals surface area contributed by atoms with Gasteiger partial charge in [0, 0.05) is 44.1 Å². The Labute approximate surface area is 285 Å². The highest BCUT2D eigenvalue weighted by atomic mass is 16.2. The second-order valence-corrected chi connectivity index (χ2v) is 11.5. The van der Waals surface area contributed by atoms with Gasteiger partial charge < -0.3 is 5.73 Å². The van der Waals surface area contributed by atoms with Gasteiger partial charge in [0.2, 0.25) is 17.8 Å². The van der Waals surface area contributed by atoms with Crippen LogP contribution in [0.2, 0.25) is 0 Å². The van der Waals surface area contributed by atoms with E-state index in [0.717, 1.165) is 0 Å². The van der Waals surface area contributed by atoms with Crippen LogP contribution in [-0.2, 0) is 26.2 Å². The van der Waals surface area contributed by atoms with Gasteiger partial charge in [0.1, 0.15) is 22.4 Å². The van der Waals surface area contributed by atoms with E-state index < -0.39 is 17.7 Å². The average molecular weight is 678 g/mol. The number of carbonyl (C=O) groups is 4. The summed E-state index contributed by atoms with van der Waals surface area (Å²) in [6.07, 6.45) is 6.49. The van der Waals surface area contributed by atoms with E-state index in [2.05, 4.69) is 40.8 Å². The Hall–Kier alpha value is -6.52. The van der Waals surface area contributed by atoms with Crippen molar-refractivity contribution in [2.75, 3.05) is 10.6 Å². The first-order valence-electron chi connectivity index (χ1n) is 15.9. The predicted molar refractivity (Wildman–Crippen MR) is 184 cm³/mol. The smallest absolute Gasteiger partial charge is 0.276 e. The number of pyridine rings is 2. The minimum atomic E-state index is -0.657. The van der Waals surface area contributed by atoms with Gasteiger partial charge in [0.25, 0.3) is 11.8 Å². The summed E-state index contributed by atoms with van der Waals surface area (Å²) in [5, 5.41) is 14.5. The zero-order valence-corrected chi connectivity index (χ0v) is 28.1. The number of hydrogen-bond donors (Lipinski definition) is 3. The number of Topliss-reactive ketones (excluding diaryl/α,β-unsaturated/α-hetero) is 1. The molecule has 6 heterocycles. The number of anilines is 2. The molecule has 256 valence electrons. The summed E-state index contributed by atoms with van der Waals surface area (Å²) < 4.78 is 6.60. The summed E-state index contributed by atoms with van der Waals surface area (Å²) in [4.78, 5) is 68.7. The SMILES string of the molecule is CCn1nc(C)cc1C(=O)Nc1nc2cc(C(C)=O)cnc2n1C/C=C/Cn1c(NC(=O)c2cc(C)nn2CC)nc2cc(C(N)=O)cnc21. The zero-order chi connectivity index (χ0) is 35.7. The second-order valence-electron chi connectivity index (χ2n) is 11.5. The Bertz CT molecular complexity index is 2180. The van der Waals surface area contributed by atoms with E-state index in [1.807, 2.05) is 32.9 Å². The number of nitrogens with zero attached hydrogens (tertiary/aromatic N) is 10. The van der Waals surface area contributed by atoms with E-state index in [0.29, 0.717) is 63.8 Å². The number of aryl methyl sites for hydroxylation is 4. The third-order valence-electron chi connectivity index (χ3n) is 7.92. The molecule has 0 aliphatic heterocycles. The van der Waals surface area contributed by atoms with Crippen LogP contribution in [-0.4, -0.2) is 72.1 Å². The van der Waals surface area contributed by atoms with Crippen LogP contribution in [0.5, 0.6) is 0 Å². The van der Waals surface area contributed by atoms with Gasteiger partial charge in [0.05, 0.1) is 17.0 Å². The van der Waals surface area contributed by atoms with Crippen LogP contribution in [0.25, 0.3) is 22.3 Å². The Morgan fingerprint density at radius 3 is 1.58 bits per heavy atom. The first kappa shape index (κ1) is 33.4. The topological polar surface area (TPSA) is 215 Å². The molecular formula is C33H35N13O4. The van der Waals surface area contributed by atoms with Crippen LogP contribution in [0, 0.1) is 13.8 Å². The number of rotatable bonds is 12. The number of ketones is 1. The van der Waals surface area contributed by atoms with Crippen molar-refractivity contribution < 1.29 is 19.2 Å². The maximum absolute atomic E-state index is 13.4. The minimum Gasteiger partial charge on any atom is -0.366 e. The van der Waals surface area contributed by atoms with Gasteiger partial charge in [0.15, 0.2) is 17.1 Å². The van der Waals surface area contributed by atoms with Gasteiger partial charge in [-0.2, -0.15) is 10.2 Å². The number of carbonyl (C=O) groups excluding carboxylic acids is 4. The van der Waals surface area contributed by atoms with Crippen LogP contribution in [0.3, 0.4) is 0 Å². The maximum Gasteiger partial charge on any atom is 0.276 e. The average Bonchev–Trinajstić information content (AvgIpc) is 3.84. The molecule has 6 aromatic rings. The van der Waals surface area contributed by atoms with Gasteiger partial charge in [-0.05, 0) is 58.9 Å². The molecule has 0 atom stereocenters. The quantitative estimate of drug-likeness (QED) is 0.127. The number of amides is 3. The molecular weight excluding hydrogens is 642 g/mol. The number of fused-ring (bicyclic) bond motifs is 2. The molecule has 0 spiro atoms. The fourth-order valence-corrected chi connectivity index (χ4v) is 5.52. The lowest BCUT2D eigenvalue weighted by Gasteiger charge is -2.10. The molecule has 0 saturated carbocycles. The van der Waals surface area contributed by atoms with Crippen molar-refractivity contribution in [3.05, 3.63) is 82.7 Å². The molecule has 50 heavy (non-hydrogen) atoms. The van der Waals surface area contributed by atoms with Crippen molar-refractivity contribution >= 4 is 57.7 Å². The molecule has 0 aliphatic rings. The Balaban J connectivity index is 1.32. The first-order valence-corrected chi connectivity index (χ1v) is 15.9. The normalized spacial score (nSPS) is 11.5. The largest absolute Gasteiger partial charge is 0.366 e. The van der Waals surface area contributed by atoms with Crippen molar-refractivity contribution in [2.45, 2.75) is 60.8 Å². The molecule has 4 N–H and O–H groups in total. The lowest BCUT2D eigenvalue weighted by atomic mass is 10.2. The number of primary amides is 1. The summed E-state index contributed by atoms with van der Waals surface area (Å²) in [6.45, 7) is 10.3. The van der Waals surface area contributed by atoms with Gasteiger partial charge in [-0.1, -0.05) is 12.2 Å². The molecule has 0 unspecified atom stereocenters. The summed E-state index contributed by atoms with van der Waals surface area (Å²) in [5.74, 6) is -1.20. The standard InChI is InChI=1S/C33H35N13O4/c1-6-45-25(12-18(3)41-45)30(49)39-32-37-23-14-21(20(5)47)16-35-28(23)43(32)10-8-9-11-44-29-24(15-22(17-36-29)27(34)48)38-33(44)40-31(50)26-13-19(4)42-46(26)7-2/h8-9,12-17H,6-7,10-11H2,1-5H3,(H2,34,48)(H,37,39,49)(H,38,40,50)/b9-8+. The van der Waals surface area contributed by atoms with Crippen molar-refractivity contribution in [1.82, 2.24) is 48.6 Å². The molecule has 6 rings (SSSR count). The lowest BCUT2D eigenvalue weighted by Crippen LogP contribution is -2.20. The molecule has 0 bridgehead atoms. The number of aromatic nitrogens is 10. The third-order valence-corrected chi connectivity index (χ3v) is 7.92. The highest BCUT2D eigenvalue weighted by Gasteiger charge is 2.21. The highest BCUT2D eigenvalue weighted by Crippen LogP contribution is 2.22. The van der Waals surface area contributed by atoms with Gasteiger partial charge in [-0.25, -0.2) is 19.9 Å². The summed E-state index contributed by atoms with van der Waals surface area (Å²) in [5.41, 5.74) is 9.85. The number of hydrogen-bond acceptors (Lipinski definition) is 10. The number of allylic oxidation sites excluding steroid dienone is 2. The van der Waals surface area contributed by atoms with E-state index in [1.165, 1.54) is 25.4 Å². The van der Waals surface area contributed by atoms with Crippen molar-refractivity contribution in [3.63, 3.8) is 0 Å². The molecule has 0 aliphatic carbocycles. The number of imidazole rings is 2. The van der Waals surface area contributed by atoms with E-state index in [9.17, 15) is 19.2 Å². The fourth-order valence-electron chi connectivity index (χ4n) is 5.52. The van der Waals surface area contributed by atoms with Crippen LogP contribution in [0.15, 0.2) is 48.8 Å². The van der Waals surface area contributed by atoms with Crippen LogP contribution in [0.1, 0.15) is 73.9 Å². The monoisotopic (exact) mass is 677 g/mol. The van der Waals surface area contributed by atoms with Crippen LogP contribution < -0.4 is 16.4 Å². The van der Waals surface area contributed by atoms with E-state index in [-0.39, 0.29) is 36.3 Å². The zero-order valence-electron chi connectivity index (χ0n) is 28.1. The third kappa shape index (κ3) is 6.47.